The van der Waals surface area contributed by atoms with Gasteiger partial charge in [0.15, 0.2) is 0 Å². The van der Waals surface area contributed by atoms with Crippen molar-refractivity contribution >= 4 is 10.0 Å². The van der Waals surface area contributed by atoms with Crippen LogP contribution in [-0.4, -0.2) is 55.0 Å². The second kappa shape index (κ2) is 8.33. The lowest BCUT2D eigenvalue weighted by molar-refractivity contribution is 0.0872. The zero-order valence-corrected chi connectivity index (χ0v) is 17.7. The molecule has 3 rings (SSSR count). The average molecular weight is 403 g/mol. The first kappa shape index (κ1) is 21.0. The van der Waals surface area contributed by atoms with E-state index >= 15 is 0 Å². The van der Waals surface area contributed by atoms with E-state index in [1.54, 1.807) is 12.1 Å². The standard InChI is InChI=1S/C22H30N2O3S/c1-22(2,3)19-9-11-21(12-10-19)28(26,27)24-14-13-23(16-20(24)17-25)15-18-7-5-4-6-8-18/h4-12,20,25H,13-17H2,1-3H3/t20-/m0/s1. The Kier molecular flexibility index (Phi) is 6.25. The molecular weight excluding hydrogens is 372 g/mol. The normalized spacial score (nSPS) is 19.6. The van der Waals surface area contributed by atoms with Crippen molar-refractivity contribution in [3.05, 3.63) is 65.7 Å². The minimum Gasteiger partial charge on any atom is -0.395 e. The van der Waals surface area contributed by atoms with Crippen molar-refractivity contribution in [2.24, 2.45) is 0 Å². The molecule has 0 amide bonds. The third-order valence-electron chi connectivity index (χ3n) is 5.30. The highest BCUT2D eigenvalue weighted by atomic mass is 32.2. The molecule has 28 heavy (non-hydrogen) atoms. The summed E-state index contributed by atoms with van der Waals surface area (Å²) in [7, 11) is -3.64. The fraction of sp³-hybridized carbons (Fsp3) is 0.455. The average Bonchev–Trinajstić information content (AvgIpc) is 2.68. The molecule has 0 aliphatic carbocycles. The summed E-state index contributed by atoms with van der Waals surface area (Å²) in [6.07, 6.45) is 0. The van der Waals surface area contributed by atoms with Crippen molar-refractivity contribution in [1.29, 1.82) is 0 Å². The zero-order chi connectivity index (χ0) is 20.4. The molecule has 1 atom stereocenters. The molecule has 1 aliphatic heterocycles. The number of aliphatic hydroxyl groups excluding tert-OH is 1. The van der Waals surface area contributed by atoms with E-state index in [1.165, 1.54) is 9.87 Å². The predicted molar refractivity (Wildman–Crippen MR) is 112 cm³/mol. The molecule has 0 radical (unpaired) electrons. The quantitative estimate of drug-likeness (QED) is 0.835. The Bertz CT molecular complexity index is 874. The number of sulfonamides is 1. The van der Waals surface area contributed by atoms with Crippen molar-refractivity contribution in [2.45, 2.75) is 43.7 Å². The minimum atomic E-state index is -3.64. The maximum absolute atomic E-state index is 13.2. The van der Waals surface area contributed by atoms with Crippen molar-refractivity contribution in [2.75, 3.05) is 26.2 Å². The zero-order valence-electron chi connectivity index (χ0n) is 16.9. The van der Waals surface area contributed by atoms with Gasteiger partial charge >= 0.3 is 0 Å². The summed E-state index contributed by atoms with van der Waals surface area (Å²) in [6.45, 7) is 8.41. The molecule has 2 aromatic carbocycles. The summed E-state index contributed by atoms with van der Waals surface area (Å²) in [5.41, 5.74) is 2.25. The Labute approximate surface area is 168 Å². The van der Waals surface area contributed by atoms with Crippen LogP contribution >= 0.6 is 0 Å². The van der Waals surface area contributed by atoms with Crippen LogP contribution in [0, 0.1) is 0 Å². The number of piperazine rings is 1. The van der Waals surface area contributed by atoms with Crippen molar-refractivity contribution in [3.8, 4) is 0 Å². The molecule has 5 nitrogen and oxygen atoms in total. The molecular formula is C22H30N2O3S. The third kappa shape index (κ3) is 4.63. The Morgan fingerprint density at radius 3 is 2.21 bits per heavy atom. The van der Waals surface area contributed by atoms with Gasteiger partial charge in [-0.1, -0.05) is 63.2 Å². The van der Waals surface area contributed by atoms with E-state index in [-0.39, 0.29) is 16.9 Å². The van der Waals surface area contributed by atoms with E-state index in [0.29, 0.717) is 19.6 Å². The van der Waals surface area contributed by atoms with Crippen LogP contribution in [-0.2, 0) is 22.0 Å². The van der Waals surface area contributed by atoms with Gasteiger partial charge in [0.1, 0.15) is 0 Å². The molecule has 0 spiro atoms. The Hall–Kier alpha value is -1.73. The Morgan fingerprint density at radius 1 is 1.00 bits per heavy atom. The first-order valence-corrected chi connectivity index (χ1v) is 11.2. The van der Waals surface area contributed by atoms with E-state index in [4.69, 9.17) is 0 Å². The number of rotatable bonds is 5. The van der Waals surface area contributed by atoms with E-state index in [2.05, 4.69) is 37.8 Å². The molecule has 1 heterocycles. The van der Waals surface area contributed by atoms with Gasteiger partial charge in [-0.2, -0.15) is 4.31 Å². The fourth-order valence-corrected chi connectivity index (χ4v) is 5.21. The topological polar surface area (TPSA) is 60.9 Å². The highest BCUT2D eigenvalue weighted by Gasteiger charge is 2.35. The fourth-order valence-electron chi connectivity index (χ4n) is 3.62. The Balaban J connectivity index is 1.75. The van der Waals surface area contributed by atoms with Gasteiger partial charge in [-0.3, -0.25) is 4.90 Å². The van der Waals surface area contributed by atoms with Crippen LogP contribution in [0.25, 0.3) is 0 Å². The molecule has 1 aliphatic rings. The van der Waals surface area contributed by atoms with Gasteiger partial charge in [-0.05, 0) is 28.7 Å². The molecule has 0 unspecified atom stereocenters. The third-order valence-corrected chi connectivity index (χ3v) is 7.27. The number of nitrogens with zero attached hydrogens (tertiary/aromatic N) is 2. The summed E-state index contributed by atoms with van der Waals surface area (Å²) < 4.78 is 27.8. The molecule has 2 aromatic rings. The molecule has 1 fully saturated rings. The lowest BCUT2D eigenvalue weighted by Crippen LogP contribution is -2.56. The van der Waals surface area contributed by atoms with E-state index in [9.17, 15) is 13.5 Å². The van der Waals surface area contributed by atoms with Crippen LogP contribution in [0.3, 0.4) is 0 Å². The summed E-state index contributed by atoms with van der Waals surface area (Å²) in [4.78, 5) is 2.49. The molecule has 0 saturated carbocycles. The molecule has 0 bridgehead atoms. The minimum absolute atomic E-state index is 0.0288. The second-order valence-electron chi connectivity index (χ2n) is 8.45. The van der Waals surface area contributed by atoms with Gasteiger partial charge in [0.2, 0.25) is 10.0 Å². The van der Waals surface area contributed by atoms with Crippen LogP contribution in [0.1, 0.15) is 31.9 Å². The SMILES string of the molecule is CC(C)(C)c1ccc(S(=O)(=O)N2CCN(Cc3ccccc3)C[C@H]2CO)cc1. The maximum atomic E-state index is 13.2. The molecule has 1 N–H and O–H groups in total. The largest absolute Gasteiger partial charge is 0.395 e. The number of hydrogen-bond donors (Lipinski definition) is 1. The second-order valence-corrected chi connectivity index (χ2v) is 10.3. The van der Waals surface area contributed by atoms with Crippen molar-refractivity contribution in [3.63, 3.8) is 0 Å². The highest BCUT2D eigenvalue weighted by molar-refractivity contribution is 7.89. The summed E-state index contributed by atoms with van der Waals surface area (Å²) in [5.74, 6) is 0. The molecule has 152 valence electrons. The summed E-state index contributed by atoms with van der Waals surface area (Å²) in [5, 5.41) is 9.87. The van der Waals surface area contributed by atoms with Gasteiger partial charge in [0, 0.05) is 26.2 Å². The van der Waals surface area contributed by atoms with Crippen molar-refractivity contribution in [1.82, 2.24) is 9.21 Å². The molecule has 0 aromatic heterocycles. The van der Waals surface area contributed by atoms with Crippen LogP contribution < -0.4 is 0 Å². The van der Waals surface area contributed by atoms with E-state index in [1.807, 2.05) is 30.3 Å². The molecule has 6 heteroatoms. The molecule has 1 saturated heterocycles. The van der Waals surface area contributed by atoms with Crippen LogP contribution in [0.4, 0.5) is 0 Å². The van der Waals surface area contributed by atoms with Crippen LogP contribution in [0.2, 0.25) is 0 Å². The van der Waals surface area contributed by atoms with Crippen molar-refractivity contribution < 1.29 is 13.5 Å². The monoisotopic (exact) mass is 402 g/mol. The van der Waals surface area contributed by atoms with Gasteiger partial charge in [0.05, 0.1) is 17.5 Å². The lowest BCUT2D eigenvalue weighted by Gasteiger charge is -2.39. The summed E-state index contributed by atoms with van der Waals surface area (Å²) >= 11 is 0. The number of aliphatic hydroxyl groups is 1. The number of hydrogen-bond acceptors (Lipinski definition) is 4. The highest BCUT2D eigenvalue weighted by Crippen LogP contribution is 2.26. The smallest absolute Gasteiger partial charge is 0.243 e. The van der Waals surface area contributed by atoms with Gasteiger partial charge in [-0.15, -0.1) is 0 Å². The summed E-state index contributed by atoms with van der Waals surface area (Å²) in [6, 6.07) is 16.8. The van der Waals surface area contributed by atoms with E-state index in [0.717, 1.165) is 12.1 Å². The van der Waals surface area contributed by atoms with Gasteiger partial charge in [0.25, 0.3) is 0 Å². The predicted octanol–water partition coefficient (Wildman–Crippen LogP) is 2.85. The first-order valence-electron chi connectivity index (χ1n) is 9.71. The van der Waals surface area contributed by atoms with E-state index < -0.39 is 16.1 Å². The van der Waals surface area contributed by atoms with Crippen LogP contribution in [0.15, 0.2) is 59.5 Å². The van der Waals surface area contributed by atoms with Gasteiger partial charge < -0.3 is 5.11 Å². The van der Waals surface area contributed by atoms with Crippen LogP contribution in [0.5, 0.6) is 0 Å². The lowest BCUT2D eigenvalue weighted by atomic mass is 9.87. The maximum Gasteiger partial charge on any atom is 0.243 e. The van der Waals surface area contributed by atoms with Gasteiger partial charge in [-0.25, -0.2) is 8.42 Å². The first-order chi connectivity index (χ1) is 13.2. The Morgan fingerprint density at radius 2 is 1.64 bits per heavy atom. The number of benzene rings is 2.